The van der Waals surface area contributed by atoms with Crippen LogP contribution >= 0.6 is 11.5 Å². The maximum atomic E-state index is 12.3. The fraction of sp³-hybridized carbons (Fsp3) is 0.727. The average molecular weight is 271 g/mol. The van der Waals surface area contributed by atoms with Gasteiger partial charge in [0.1, 0.15) is 4.88 Å². The number of carbonyl (C=O) groups is 1. The van der Waals surface area contributed by atoms with Crippen molar-refractivity contribution in [1.29, 1.82) is 0 Å². The summed E-state index contributed by atoms with van der Waals surface area (Å²) < 4.78 is 3.82. The number of nitrogens with zero attached hydrogens (tertiary/aromatic N) is 3. The Bertz CT molecular complexity index is 423. The largest absolute Gasteiger partial charge is 0.390 e. The fourth-order valence-corrected chi connectivity index (χ4v) is 2.70. The van der Waals surface area contributed by atoms with E-state index >= 15 is 0 Å². The lowest BCUT2D eigenvalue weighted by molar-refractivity contribution is -0.0320. The molecule has 1 amide bonds. The number of carbonyl (C=O) groups excluding carboxylic acids is 1. The van der Waals surface area contributed by atoms with E-state index < -0.39 is 12.2 Å². The summed E-state index contributed by atoms with van der Waals surface area (Å²) in [5, 5.41) is 23.0. The number of amides is 1. The first kappa shape index (κ1) is 13.4. The Hall–Kier alpha value is -1.05. The van der Waals surface area contributed by atoms with E-state index in [1.165, 1.54) is 0 Å². The van der Waals surface area contributed by atoms with E-state index in [4.69, 9.17) is 0 Å². The molecule has 0 radical (unpaired) electrons. The molecule has 1 aromatic rings. The van der Waals surface area contributed by atoms with Gasteiger partial charge in [-0.2, -0.15) is 0 Å². The summed E-state index contributed by atoms with van der Waals surface area (Å²) in [7, 11) is 0. The second-order valence-electron chi connectivity index (χ2n) is 4.47. The maximum absolute atomic E-state index is 12.3. The lowest BCUT2D eigenvalue weighted by Gasteiger charge is -2.33. The number of aliphatic hydroxyl groups is 2. The lowest BCUT2D eigenvalue weighted by atomic mass is 10.0. The molecule has 0 aliphatic carbocycles. The van der Waals surface area contributed by atoms with E-state index in [1.54, 1.807) is 4.90 Å². The van der Waals surface area contributed by atoms with Gasteiger partial charge in [0.2, 0.25) is 0 Å². The maximum Gasteiger partial charge on any atom is 0.267 e. The molecule has 2 N–H and O–H groups in total. The van der Waals surface area contributed by atoms with Crippen LogP contribution in [0.2, 0.25) is 0 Å². The molecule has 2 heterocycles. The second kappa shape index (κ2) is 5.73. The highest BCUT2D eigenvalue weighted by molar-refractivity contribution is 7.08. The molecule has 0 spiro atoms. The normalized spacial score (nSPS) is 24.3. The van der Waals surface area contributed by atoms with Crippen LogP contribution in [0.25, 0.3) is 0 Å². The van der Waals surface area contributed by atoms with Crippen LogP contribution in [-0.2, 0) is 6.42 Å². The molecular weight excluding hydrogens is 254 g/mol. The number of aliphatic hydroxyl groups excluding tert-OH is 2. The quantitative estimate of drug-likeness (QED) is 0.811. The number of aromatic nitrogens is 2. The summed E-state index contributed by atoms with van der Waals surface area (Å²) in [6.07, 6.45) is 0.452. The van der Waals surface area contributed by atoms with Gasteiger partial charge in [0, 0.05) is 13.1 Å². The molecule has 6 nitrogen and oxygen atoms in total. The molecule has 1 aliphatic heterocycles. The van der Waals surface area contributed by atoms with Crippen LogP contribution in [-0.4, -0.2) is 55.9 Å². The molecule has 0 aromatic carbocycles. The van der Waals surface area contributed by atoms with Crippen molar-refractivity contribution in [2.75, 3.05) is 13.1 Å². The standard InChI is InChI=1S/C11H17N3O3S/c1-2-3-7-10(18-13-12-7)11(17)14-5-4-8(15)9(16)6-14/h8-9,15-16H,2-6H2,1H3/t8-,9+/m0/s1. The first-order valence-corrected chi connectivity index (χ1v) is 6.87. The zero-order chi connectivity index (χ0) is 13.1. The molecule has 0 saturated carbocycles. The van der Waals surface area contributed by atoms with Crippen molar-refractivity contribution in [3.05, 3.63) is 10.6 Å². The molecule has 1 saturated heterocycles. The number of aryl methyl sites for hydroxylation is 1. The molecule has 7 heteroatoms. The van der Waals surface area contributed by atoms with Gasteiger partial charge >= 0.3 is 0 Å². The van der Waals surface area contributed by atoms with Crippen LogP contribution in [0.15, 0.2) is 0 Å². The van der Waals surface area contributed by atoms with Gasteiger partial charge in [-0.3, -0.25) is 4.79 Å². The number of likely N-dealkylation sites (tertiary alicyclic amines) is 1. The third kappa shape index (κ3) is 2.68. The zero-order valence-electron chi connectivity index (χ0n) is 10.2. The first-order valence-electron chi connectivity index (χ1n) is 6.10. The minimum Gasteiger partial charge on any atom is -0.390 e. The van der Waals surface area contributed by atoms with Crippen LogP contribution in [0.1, 0.15) is 35.1 Å². The molecule has 0 bridgehead atoms. The van der Waals surface area contributed by atoms with Crippen molar-refractivity contribution in [1.82, 2.24) is 14.5 Å². The summed E-state index contributed by atoms with van der Waals surface area (Å²) in [6.45, 7) is 2.65. The van der Waals surface area contributed by atoms with E-state index in [2.05, 4.69) is 9.59 Å². The molecule has 0 unspecified atom stereocenters. The monoisotopic (exact) mass is 271 g/mol. The van der Waals surface area contributed by atoms with Crippen molar-refractivity contribution in [2.24, 2.45) is 0 Å². The Kier molecular flexibility index (Phi) is 4.26. The highest BCUT2D eigenvalue weighted by atomic mass is 32.1. The van der Waals surface area contributed by atoms with Gasteiger partial charge in [0.15, 0.2) is 0 Å². The first-order chi connectivity index (χ1) is 8.63. The van der Waals surface area contributed by atoms with Crippen molar-refractivity contribution in [2.45, 2.75) is 38.4 Å². The minimum absolute atomic E-state index is 0.139. The highest BCUT2D eigenvalue weighted by Gasteiger charge is 2.31. The van der Waals surface area contributed by atoms with Crippen LogP contribution < -0.4 is 0 Å². The van der Waals surface area contributed by atoms with Crippen LogP contribution in [0.4, 0.5) is 0 Å². The molecule has 2 atom stereocenters. The predicted octanol–water partition coefficient (Wildman–Crippen LogP) is 0.0583. The van der Waals surface area contributed by atoms with E-state index in [0.717, 1.165) is 30.1 Å². The topological polar surface area (TPSA) is 86.6 Å². The molecular formula is C11H17N3O3S. The van der Waals surface area contributed by atoms with Crippen molar-refractivity contribution < 1.29 is 15.0 Å². The Morgan fingerprint density at radius 2 is 2.28 bits per heavy atom. The zero-order valence-corrected chi connectivity index (χ0v) is 11.1. The predicted molar refractivity (Wildman–Crippen MR) is 66.4 cm³/mol. The number of hydrogen-bond donors (Lipinski definition) is 2. The Labute approximate surface area is 109 Å². The molecule has 100 valence electrons. The number of rotatable bonds is 3. The van der Waals surface area contributed by atoms with Gasteiger partial charge in [-0.05, 0) is 24.4 Å². The Morgan fingerprint density at radius 1 is 1.50 bits per heavy atom. The van der Waals surface area contributed by atoms with Gasteiger partial charge in [0.05, 0.1) is 17.9 Å². The van der Waals surface area contributed by atoms with Gasteiger partial charge in [-0.15, -0.1) is 5.10 Å². The minimum atomic E-state index is -0.863. The molecule has 18 heavy (non-hydrogen) atoms. The van der Waals surface area contributed by atoms with Gasteiger partial charge in [-0.25, -0.2) is 0 Å². The summed E-state index contributed by atoms with van der Waals surface area (Å²) in [5.41, 5.74) is 0.730. The second-order valence-corrected chi connectivity index (χ2v) is 5.23. The highest BCUT2D eigenvalue weighted by Crippen LogP contribution is 2.19. The van der Waals surface area contributed by atoms with Crippen LogP contribution in [0.5, 0.6) is 0 Å². The number of hydrogen-bond acceptors (Lipinski definition) is 6. The van der Waals surface area contributed by atoms with E-state index in [1.807, 2.05) is 6.92 Å². The number of piperidine rings is 1. The third-order valence-electron chi connectivity index (χ3n) is 3.07. The van der Waals surface area contributed by atoms with E-state index in [9.17, 15) is 15.0 Å². The lowest BCUT2D eigenvalue weighted by Crippen LogP contribution is -2.48. The van der Waals surface area contributed by atoms with Gasteiger partial charge < -0.3 is 15.1 Å². The van der Waals surface area contributed by atoms with Crippen molar-refractivity contribution >= 4 is 17.4 Å². The summed E-state index contributed by atoms with van der Waals surface area (Å²) >= 11 is 1.10. The van der Waals surface area contributed by atoms with Gasteiger partial charge in [-0.1, -0.05) is 17.8 Å². The average Bonchev–Trinajstić information content (AvgIpc) is 2.80. The van der Waals surface area contributed by atoms with Gasteiger partial charge in [0.25, 0.3) is 5.91 Å². The third-order valence-corrected chi connectivity index (χ3v) is 3.83. The SMILES string of the molecule is CCCc1nnsc1C(=O)N1CC[C@H](O)[C@H](O)C1. The number of β-amino-alcohol motifs (C(OH)–C–C–N with tert-alkyl or cyclic N) is 1. The molecule has 1 aliphatic rings. The molecule has 1 fully saturated rings. The fourth-order valence-electron chi connectivity index (χ4n) is 2.02. The van der Waals surface area contributed by atoms with E-state index in [0.29, 0.717) is 17.8 Å². The van der Waals surface area contributed by atoms with E-state index in [-0.39, 0.29) is 12.5 Å². The molecule has 2 rings (SSSR count). The van der Waals surface area contributed by atoms with Crippen molar-refractivity contribution in [3.8, 4) is 0 Å². The summed E-state index contributed by atoms with van der Waals surface area (Å²) in [4.78, 5) is 14.4. The molecule has 1 aromatic heterocycles. The Balaban J connectivity index is 2.09. The smallest absolute Gasteiger partial charge is 0.267 e. The van der Waals surface area contributed by atoms with Crippen LogP contribution in [0.3, 0.4) is 0 Å². The summed E-state index contributed by atoms with van der Waals surface area (Å²) in [6, 6.07) is 0. The Morgan fingerprint density at radius 3 is 2.94 bits per heavy atom. The van der Waals surface area contributed by atoms with Crippen LogP contribution in [0, 0.1) is 0 Å². The van der Waals surface area contributed by atoms with Crippen molar-refractivity contribution in [3.63, 3.8) is 0 Å². The summed E-state index contributed by atoms with van der Waals surface area (Å²) in [5.74, 6) is -0.139.